The first-order valence-electron chi connectivity index (χ1n) is 9.61. The second kappa shape index (κ2) is 6.85. The maximum atomic E-state index is 13.6. The summed E-state index contributed by atoms with van der Waals surface area (Å²) >= 11 is 0. The average Bonchev–Trinajstić information content (AvgIpc) is 3.16. The van der Waals surface area contributed by atoms with Gasteiger partial charge in [-0.25, -0.2) is 8.42 Å². The Balaban J connectivity index is 1.64. The summed E-state index contributed by atoms with van der Waals surface area (Å²) in [5.74, 6) is 0. The van der Waals surface area contributed by atoms with Gasteiger partial charge in [0.05, 0.1) is 10.9 Å². The van der Waals surface area contributed by atoms with Gasteiger partial charge in [-0.2, -0.15) is 4.31 Å². The van der Waals surface area contributed by atoms with Crippen molar-refractivity contribution in [1.82, 2.24) is 9.21 Å². The normalized spacial score (nSPS) is 22.6. The molecule has 0 saturated carbocycles. The topological polar surface area (TPSA) is 40.6 Å². The summed E-state index contributed by atoms with van der Waals surface area (Å²) in [4.78, 5) is 2.70. The lowest BCUT2D eigenvalue weighted by Gasteiger charge is -2.35. The van der Waals surface area contributed by atoms with E-state index >= 15 is 0 Å². The summed E-state index contributed by atoms with van der Waals surface area (Å²) in [7, 11) is -3.61. The smallest absolute Gasteiger partial charge is 0.244 e. The third-order valence-electron chi connectivity index (χ3n) is 5.84. The molecule has 3 aromatic rings. The lowest BCUT2D eigenvalue weighted by molar-refractivity contribution is 0.154. The molecule has 0 bridgehead atoms. The van der Waals surface area contributed by atoms with Crippen LogP contribution in [0.15, 0.2) is 89.8 Å². The van der Waals surface area contributed by atoms with Gasteiger partial charge in [-0.05, 0) is 35.2 Å². The van der Waals surface area contributed by atoms with E-state index in [0.29, 0.717) is 11.4 Å². The number of benzene rings is 3. The van der Waals surface area contributed by atoms with Crippen molar-refractivity contribution in [2.45, 2.75) is 23.5 Å². The molecule has 4 nitrogen and oxygen atoms in total. The fourth-order valence-electron chi connectivity index (χ4n) is 4.54. The predicted molar refractivity (Wildman–Crippen MR) is 109 cm³/mol. The molecular weight excluding hydrogens is 368 g/mol. The van der Waals surface area contributed by atoms with Crippen LogP contribution in [0, 0.1) is 0 Å². The fraction of sp³-hybridized carbons (Fsp3) is 0.217. The second-order valence-corrected chi connectivity index (χ2v) is 9.27. The van der Waals surface area contributed by atoms with Gasteiger partial charge in [0, 0.05) is 13.1 Å². The Labute approximate surface area is 166 Å². The van der Waals surface area contributed by atoms with Gasteiger partial charge in [-0.1, -0.05) is 72.8 Å². The zero-order chi connectivity index (χ0) is 19.1. The molecule has 5 heteroatoms. The largest absolute Gasteiger partial charge is 0.274 e. The zero-order valence-electron chi connectivity index (χ0n) is 15.5. The van der Waals surface area contributed by atoms with Crippen LogP contribution < -0.4 is 0 Å². The molecule has 1 fully saturated rings. The SMILES string of the molecule is O=S(=O)(c1ccccc1)N1C[C@@H]2c3ccccc3CCN2[C@H]1c1ccccc1. The highest BCUT2D eigenvalue weighted by molar-refractivity contribution is 7.89. The van der Waals surface area contributed by atoms with Crippen molar-refractivity contribution >= 4 is 10.0 Å². The van der Waals surface area contributed by atoms with E-state index in [0.717, 1.165) is 18.5 Å². The van der Waals surface area contributed by atoms with Crippen molar-refractivity contribution < 1.29 is 8.42 Å². The molecule has 142 valence electrons. The van der Waals surface area contributed by atoms with E-state index in [1.807, 2.05) is 42.5 Å². The molecule has 0 unspecified atom stereocenters. The molecule has 0 radical (unpaired) electrons. The highest BCUT2D eigenvalue weighted by atomic mass is 32.2. The van der Waals surface area contributed by atoms with E-state index in [-0.39, 0.29) is 12.2 Å². The van der Waals surface area contributed by atoms with E-state index in [9.17, 15) is 8.42 Å². The highest BCUT2D eigenvalue weighted by Crippen LogP contribution is 2.46. The highest BCUT2D eigenvalue weighted by Gasteiger charge is 2.48. The summed E-state index contributed by atoms with van der Waals surface area (Å²) in [6, 6.07) is 27.3. The molecule has 1 saturated heterocycles. The summed E-state index contributed by atoms with van der Waals surface area (Å²) in [6.07, 6.45) is 0.652. The Morgan fingerprint density at radius 3 is 2.18 bits per heavy atom. The Morgan fingerprint density at radius 1 is 0.786 bits per heavy atom. The van der Waals surface area contributed by atoms with E-state index < -0.39 is 10.0 Å². The first-order chi connectivity index (χ1) is 13.7. The van der Waals surface area contributed by atoms with Crippen molar-refractivity contribution in [2.75, 3.05) is 13.1 Å². The molecule has 28 heavy (non-hydrogen) atoms. The molecule has 0 aliphatic carbocycles. The van der Waals surface area contributed by atoms with Crippen LogP contribution in [0.5, 0.6) is 0 Å². The van der Waals surface area contributed by atoms with Gasteiger partial charge in [0.2, 0.25) is 10.0 Å². The maximum Gasteiger partial charge on any atom is 0.244 e. The van der Waals surface area contributed by atoms with E-state index in [4.69, 9.17) is 0 Å². The molecule has 0 spiro atoms. The van der Waals surface area contributed by atoms with Crippen LogP contribution in [-0.2, 0) is 16.4 Å². The van der Waals surface area contributed by atoms with Gasteiger partial charge in [0.15, 0.2) is 0 Å². The van der Waals surface area contributed by atoms with Gasteiger partial charge in [0.1, 0.15) is 6.17 Å². The Hall–Kier alpha value is -2.47. The standard InChI is InChI=1S/C23H22N2O2S/c26-28(27,20-12-5-2-6-13-20)25-17-22-21-14-8-7-9-18(21)15-16-24(22)23(25)19-10-3-1-4-11-19/h1-14,22-23H,15-17H2/t22-,23-/m1/s1. The molecule has 2 heterocycles. The average molecular weight is 391 g/mol. The minimum atomic E-state index is -3.61. The number of fused-ring (bicyclic) bond motifs is 3. The lowest BCUT2D eigenvalue weighted by atomic mass is 9.93. The first-order valence-corrected chi connectivity index (χ1v) is 11.1. The van der Waals surface area contributed by atoms with Crippen LogP contribution in [0.3, 0.4) is 0 Å². The minimum absolute atomic E-state index is 0.0774. The van der Waals surface area contributed by atoms with E-state index in [2.05, 4.69) is 23.1 Å². The molecule has 2 atom stereocenters. The number of sulfonamides is 1. The second-order valence-electron chi connectivity index (χ2n) is 7.37. The number of hydrogen-bond donors (Lipinski definition) is 0. The number of rotatable bonds is 3. The van der Waals surface area contributed by atoms with Crippen LogP contribution in [0.4, 0.5) is 0 Å². The molecule has 3 aromatic carbocycles. The van der Waals surface area contributed by atoms with E-state index in [1.54, 1.807) is 28.6 Å². The van der Waals surface area contributed by atoms with Gasteiger partial charge in [0.25, 0.3) is 0 Å². The molecular formula is C23H22N2O2S. The minimum Gasteiger partial charge on any atom is -0.274 e. The fourth-order valence-corrected chi connectivity index (χ4v) is 6.16. The number of nitrogens with zero attached hydrogens (tertiary/aromatic N) is 2. The first kappa shape index (κ1) is 17.6. The van der Waals surface area contributed by atoms with Crippen molar-refractivity contribution in [2.24, 2.45) is 0 Å². The molecule has 0 aromatic heterocycles. The zero-order valence-corrected chi connectivity index (χ0v) is 16.3. The summed E-state index contributed by atoms with van der Waals surface area (Å²) in [5.41, 5.74) is 3.60. The molecule has 0 N–H and O–H groups in total. The number of hydrogen-bond acceptors (Lipinski definition) is 3. The lowest BCUT2D eigenvalue weighted by Crippen LogP contribution is -2.37. The Morgan fingerprint density at radius 2 is 1.43 bits per heavy atom. The summed E-state index contributed by atoms with van der Waals surface area (Å²) in [5, 5.41) is 0. The predicted octanol–water partition coefficient (Wildman–Crippen LogP) is 3.99. The van der Waals surface area contributed by atoms with E-state index in [1.165, 1.54) is 11.1 Å². The molecule has 2 aliphatic heterocycles. The van der Waals surface area contributed by atoms with Gasteiger partial charge >= 0.3 is 0 Å². The van der Waals surface area contributed by atoms with Crippen molar-refractivity contribution in [1.29, 1.82) is 0 Å². The van der Waals surface area contributed by atoms with Gasteiger partial charge in [-0.15, -0.1) is 0 Å². The van der Waals surface area contributed by atoms with Crippen molar-refractivity contribution in [3.63, 3.8) is 0 Å². The monoisotopic (exact) mass is 390 g/mol. The van der Waals surface area contributed by atoms with Crippen LogP contribution in [-0.4, -0.2) is 30.7 Å². The van der Waals surface area contributed by atoms with Gasteiger partial charge in [-0.3, -0.25) is 4.90 Å². The van der Waals surface area contributed by atoms with Gasteiger partial charge < -0.3 is 0 Å². The third-order valence-corrected chi connectivity index (χ3v) is 7.68. The van der Waals surface area contributed by atoms with Crippen LogP contribution in [0.1, 0.15) is 28.9 Å². The van der Waals surface area contributed by atoms with Crippen LogP contribution in [0.2, 0.25) is 0 Å². The Kier molecular flexibility index (Phi) is 4.31. The van der Waals surface area contributed by atoms with Crippen LogP contribution >= 0.6 is 0 Å². The maximum absolute atomic E-state index is 13.6. The third kappa shape index (κ3) is 2.78. The van der Waals surface area contributed by atoms with Crippen molar-refractivity contribution in [3.05, 3.63) is 102 Å². The van der Waals surface area contributed by atoms with Crippen molar-refractivity contribution in [3.8, 4) is 0 Å². The summed E-state index contributed by atoms with van der Waals surface area (Å²) in [6.45, 7) is 1.32. The Bertz CT molecular complexity index is 1080. The van der Waals surface area contributed by atoms with Crippen LogP contribution in [0.25, 0.3) is 0 Å². The molecule has 5 rings (SSSR count). The molecule has 0 amide bonds. The quantitative estimate of drug-likeness (QED) is 0.679. The summed E-state index contributed by atoms with van der Waals surface area (Å²) < 4.78 is 28.8. The molecule has 2 aliphatic rings.